The molecular weight excluding hydrogens is 212 g/mol. The summed E-state index contributed by atoms with van der Waals surface area (Å²) in [6.07, 6.45) is -3.86. The Labute approximate surface area is 83.9 Å². The van der Waals surface area contributed by atoms with Crippen molar-refractivity contribution in [3.63, 3.8) is 0 Å². The maximum Gasteiger partial charge on any atom is 0.282 e. The minimum absolute atomic E-state index is 0.0388. The van der Waals surface area contributed by atoms with Crippen LogP contribution < -0.4 is 0 Å². The molecule has 0 fully saturated rings. The predicted molar refractivity (Wildman–Crippen MR) is 45.2 cm³/mol. The van der Waals surface area contributed by atoms with Crippen LogP contribution in [-0.4, -0.2) is 15.7 Å². The first-order valence-electron chi connectivity index (χ1n) is 4.69. The van der Waals surface area contributed by atoms with E-state index in [1.165, 1.54) is 4.68 Å². The number of aromatic nitrogens is 2. The molecule has 1 aromatic rings. The van der Waals surface area contributed by atoms with E-state index in [1.54, 1.807) is 6.92 Å². The number of hydrogen-bond donors (Lipinski definition) is 0. The molecule has 1 aliphatic carbocycles. The minimum Gasteiger partial charge on any atom is -0.269 e. The van der Waals surface area contributed by atoms with E-state index < -0.39 is 30.9 Å². The number of nitrogens with zero attached hydrogens (tertiary/aromatic N) is 2. The molecule has 0 aliphatic heterocycles. The van der Waals surface area contributed by atoms with Gasteiger partial charge in [-0.05, 0) is 6.92 Å². The Morgan fingerprint density at radius 2 is 2.07 bits per heavy atom. The van der Waals surface area contributed by atoms with Gasteiger partial charge in [-0.15, -0.1) is 0 Å². The Hall–Kier alpha value is -1.07. The molecule has 0 unspecified atom stereocenters. The number of halogens is 4. The van der Waals surface area contributed by atoms with Gasteiger partial charge in [0.25, 0.3) is 12.3 Å². The molecule has 2 nitrogen and oxygen atoms in total. The van der Waals surface area contributed by atoms with Crippen molar-refractivity contribution in [2.45, 2.75) is 38.7 Å². The van der Waals surface area contributed by atoms with Gasteiger partial charge >= 0.3 is 0 Å². The topological polar surface area (TPSA) is 17.8 Å². The normalized spacial score (nSPS) is 18.5. The van der Waals surface area contributed by atoms with Gasteiger partial charge in [0, 0.05) is 24.2 Å². The zero-order valence-corrected chi connectivity index (χ0v) is 8.10. The molecule has 2 rings (SSSR count). The van der Waals surface area contributed by atoms with Crippen LogP contribution in [0.1, 0.15) is 30.3 Å². The largest absolute Gasteiger partial charge is 0.282 e. The van der Waals surface area contributed by atoms with Crippen LogP contribution in [0.15, 0.2) is 0 Å². The van der Waals surface area contributed by atoms with E-state index in [4.69, 9.17) is 0 Å². The van der Waals surface area contributed by atoms with Gasteiger partial charge in [-0.25, -0.2) is 17.6 Å². The third kappa shape index (κ3) is 1.61. The number of alkyl halides is 4. The van der Waals surface area contributed by atoms with Crippen molar-refractivity contribution in [3.8, 4) is 0 Å². The van der Waals surface area contributed by atoms with Gasteiger partial charge in [0.05, 0.1) is 6.42 Å². The first-order valence-corrected chi connectivity index (χ1v) is 4.69. The van der Waals surface area contributed by atoms with Crippen LogP contribution in [0.5, 0.6) is 0 Å². The second-order valence-electron chi connectivity index (χ2n) is 3.64. The van der Waals surface area contributed by atoms with Crippen molar-refractivity contribution in [2.75, 3.05) is 0 Å². The molecule has 0 saturated carbocycles. The van der Waals surface area contributed by atoms with Gasteiger partial charge in [0.2, 0.25) is 0 Å². The van der Waals surface area contributed by atoms with E-state index in [0.29, 0.717) is 6.54 Å². The highest BCUT2D eigenvalue weighted by Gasteiger charge is 2.43. The summed E-state index contributed by atoms with van der Waals surface area (Å²) in [4.78, 5) is 0. The zero-order chi connectivity index (χ0) is 11.2. The van der Waals surface area contributed by atoms with Crippen LogP contribution in [0, 0.1) is 0 Å². The SMILES string of the molecule is CCn1nc(C(F)F)c2c1CC(F)(F)C2. The quantitative estimate of drug-likeness (QED) is 0.703. The van der Waals surface area contributed by atoms with Crippen LogP contribution >= 0.6 is 0 Å². The van der Waals surface area contributed by atoms with Crippen molar-refractivity contribution in [1.29, 1.82) is 0 Å². The highest BCUT2D eigenvalue weighted by molar-refractivity contribution is 5.34. The van der Waals surface area contributed by atoms with E-state index in [-0.39, 0.29) is 11.3 Å². The molecule has 0 spiro atoms. The molecule has 0 radical (unpaired) electrons. The summed E-state index contributed by atoms with van der Waals surface area (Å²) in [6.45, 7) is 2.03. The van der Waals surface area contributed by atoms with E-state index >= 15 is 0 Å². The standard InChI is InChI=1S/C9H10F4N2/c1-2-15-6-4-9(12,13)3-5(6)7(14-15)8(10)11/h8H,2-4H2,1H3. The molecule has 6 heteroatoms. The lowest BCUT2D eigenvalue weighted by atomic mass is 10.2. The second-order valence-corrected chi connectivity index (χ2v) is 3.64. The fourth-order valence-electron chi connectivity index (χ4n) is 1.95. The molecule has 1 heterocycles. The smallest absolute Gasteiger partial charge is 0.269 e. The van der Waals surface area contributed by atoms with Gasteiger partial charge in [0.1, 0.15) is 5.69 Å². The summed E-state index contributed by atoms with van der Waals surface area (Å²) in [6, 6.07) is 0. The number of aryl methyl sites for hydroxylation is 1. The minimum atomic E-state index is -2.89. The lowest BCUT2D eigenvalue weighted by Gasteiger charge is -2.08. The molecule has 0 aromatic carbocycles. The van der Waals surface area contributed by atoms with Crippen LogP contribution in [0.4, 0.5) is 17.6 Å². The van der Waals surface area contributed by atoms with Crippen molar-refractivity contribution in [1.82, 2.24) is 9.78 Å². The summed E-state index contributed by atoms with van der Waals surface area (Å²) in [5, 5.41) is 3.65. The van der Waals surface area contributed by atoms with Gasteiger partial charge in [-0.1, -0.05) is 0 Å². The summed E-state index contributed by atoms with van der Waals surface area (Å²) < 4.78 is 52.3. The van der Waals surface area contributed by atoms with Crippen molar-refractivity contribution in [2.24, 2.45) is 0 Å². The summed E-state index contributed by atoms with van der Waals surface area (Å²) in [5.41, 5.74) is -0.182. The lowest BCUT2D eigenvalue weighted by Crippen LogP contribution is -2.18. The molecule has 84 valence electrons. The number of hydrogen-bond acceptors (Lipinski definition) is 1. The van der Waals surface area contributed by atoms with Gasteiger partial charge in [-0.2, -0.15) is 5.10 Å². The Morgan fingerprint density at radius 3 is 2.60 bits per heavy atom. The summed E-state index contributed by atoms with van der Waals surface area (Å²) >= 11 is 0. The predicted octanol–water partition coefficient (Wildman–Crippen LogP) is 2.57. The van der Waals surface area contributed by atoms with Crippen LogP contribution in [0.2, 0.25) is 0 Å². The fraction of sp³-hybridized carbons (Fsp3) is 0.667. The molecule has 0 N–H and O–H groups in total. The van der Waals surface area contributed by atoms with Gasteiger partial charge < -0.3 is 0 Å². The van der Waals surface area contributed by atoms with E-state index in [9.17, 15) is 17.6 Å². The van der Waals surface area contributed by atoms with Crippen LogP contribution in [0.25, 0.3) is 0 Å². The number of fused-ring (bicyclic) bond motifs is 1. The Morgan fingerprint density at radius 1 is 1.40 bits per heavy atom. The first kappa shape index (κ1) is 10.4. The van der Waals surface area contributed by atoms with Crippen LogP contribution in [-0.2, 0) is 19.4 Å². The third-order valence-electron chi connectivity index (χ3n) is 2.57. The Kier molecular flexibility index (Phi) is 2.24. The maximum atomic E-state index is 13.0. The zero-order valence-electron chi connectivity index (χ0n) is 8.10. The Balaban J connectivity index is 2.47. The Bertz CT molecular complexity index is 384. The molecule has 0 atom stereocenters. The summed E-state index contributed by atoms with van der Waals surface area (Å²) in [7, 11) is 0. The highest BCUT2D eigenvalue weighted by atomic mass is 19.3. The highest BCUT2D eigenvalue weighted by Crippen LogP contribution is 2.38. The summed E-state index contributed by atoms with van der Waals surface area (Å²) in [5.74, 6) is -2.89. The van der Waals surface area contributed by atoms with Crippen LogP contribution in [0.3, 0.4) is 0 Å². The van der Waals surface area contributed by atoms with Gasteiger partial charge in [-0.3, -0.25) is 4.68 Å². The molecule has 0 saturated heterocycles. The third-order valence-corrected chi connectivity index (χ3v) is 2.57. The molecule has 15 heavy (non-hydrogen) atoms. The average molecular weight is 222 g/mol. The second kappa shape index (κ2) is 3.21. The average Bonchev–Trinajstić information content (AvgIpc) is 2.57. The maximum absolute atomic E-state index is 13.0. The van der Waals surface area contributed by atoms with Crippen molar-refractivity contribution < 1.29 is 17.6 Å². The molecule has 1 aromatic heterocycles. The monoisotopic (exact) mass is 222 g/mol. The lowest BCUT2D eigenvalue weighted by molar-refractivity contribution is 0.0106. The van der Waals surface area contributed by atoms with E-state index in [1.807, 2.05) is 0 Å². The molecular formula is C9H10F4N2. The fourth-order valence-corrected chi connectivity index (χ4v) is 1.95. The van der Waals surface area contributed by atoms with Crippen molar-refractivity contribution >= 4 is 0 Å². The van der Waals surface area contributed by atoms with Crippen molar-refractivity contribution in [3.05, 3.63) is 17.0 Å². The van der Waals surface area contributed by atoms with E-state index in [2.05, 4.69) is 5.10 Å². The molecule has 0 bridgehead atoms. The molecule has 0 amide bonds. The van der Waals surface area contributed by atoms with E-state index in [0.717, 1.165) is 0 Å². The van der Waals surface area contributed by atoms with Gasteiger partial charge in [0.15, 0.2) is 0 Å². The first-order chi connectivity index (χ1) is 6.94. The number of rotatable bonds is 2. The molecule has 1 aliphatic rings.